The fourth-order valence-corrected chi connectivity index (χ4v) is 6.90. The van der Waals surface area contributed by atoms with Crippen molar-refractivity contribution in [2.24, 2.45) is 11.3 Å². The van der Waals surface area contributed by atoms with Crippen molar-refractivity contribution in [2.75, 3.05) is 39.8 Å². The maximum absolute atomic E-state index is 14.2. The van der Waals surface area contributed by atoms with E-state index in [1.54, 1.807) is 19.2 Å². The fraction of sp³-hybridized carbons (Fsp3) is 0.548. The lowest BCUT2D eigenvalue weighted by Crippen LogP contribution is -2.56. The van der Waals surface area contributed by atoms with Crippen LogP contribution in [0.5, 0.6) is 5.75 Å². The highest BCUT2D eigenvalue weighted by atomic mass is 32.2. The highest BCUT2D eigenvalue weighted by Gasteiger charge is 2.43. The van der Waals surface area contributed by atoms with Gasteiger partial charge in [0.05, 0.1) is 18.0 Å². The molecule has 3 rings (SSSR count). The average molecular weight is 603 g/mol. The van der Waals surface area contributed by atoms with Gasteiger partial charge < -0.3 is 25.8 Å². The molecule has 1 unspecified atom stereocenters. The van der Waals surface area contributed by atoms with E-state index in [4.69, 9.17) is 4.74 Å². The molecular weight excluding hydrogens is 556 g/mol. The van der Waals surface area contributed by atoms with E-state index >= 15 is 0 Å². The Labute approximate surface area is 250 Å². The number of carbonyl (C=O) groups is 2. The van der Waals surface area contributed by atoms with E-state index < -0.39 is 21.2 Å². The Kier molecular flexibility index (Phi) is 11.5. The Morgan fingerprint density at radius 2 is 1.79 bits per heavy atom. The molecule has 0 radical (unpaired) electrons. The number of carbonyl (C=O) groups excluding carboxylic acids is 2. The number of sulfonamides is 1. The van der Waals surface area contributed by atoms with Gasteiger partial charge in [-0.3, -0.25) is 9.59 Å². The van der Waals surface area contributed by atoms with E-state index in [9.17, 15) is 23.1 Å². The van der Waals surface area contributed by atoms with E-state index in [2.05, 4.69) is 16.0 Å². The topological polar surface area (TPSA) is 137 Å². The molecule has 1 atom stereocenters. The molecular formula is C31H46N4O6S. The number of ether oxygens (including phenoxy) is 1. The molecule has 232 valence electrons. The summed E-state index contributed by atoms with van der Waals surface area (Å²) >= 11 is 0. The first-order valence-corrected chi connectivity index (χ1v) is 15.9. The maximum atomic E-state index is 14.2. The van der Waals surface area contributed by atoms with Gasteiger partial charge in [-0.2, -0.15) is 4.31 Å². The number of aliphatic hydroxyl groups is 1. The number of nitrogens with one attached hydrogen (secondary N) is 3. The normalized spacial score (nSPS) is 14.8. The first-order valence-electron chi connectivity index (χ1n) is 14.5. The molecule has 0 saturated carbocycles. The zero-order valence-electron chi connectivity index (χ0n) is 25.4. The number of fused-ring (bicyclic) bond motifs is 1. The third-order valence-corrected chi connectivity index (χ3v) is 9.08. The lowest BCUT2D eigenvalue weighted by Gasteiger charge is -2.40. The second-order valence-electron chi connectivity index (χ2n) is 12.2. The molecule has 0 aliphatic carbocycles. The number of hydrogen-bond acceptors (Lipinski definition) is 7. The summed E-state index contributed by atoms with van der Waals surface area (Å²) in [4.78, 5) is 24.8. The van der Waals surface area contributed by atoms with Gasteiger partial charge in [-0.15, -0.1) is 0 Å². The standard InChI is InChI=1S/C31H46N4O6S/c1-23(2)21-35(42(39,40)26-11-12-27-25(17-26)13-16-41-27)31(38,18-24-9-7-6-8-10-24)14-15-33-28(36)19-30(3,4)22-34-29(37)20-32-5/h6-12,17,23,32,38H,13-16,18-22H2,1-5H3,(H,33,36)(H,34,37). The summed E-state index contributed by atoms with van der Waals surface area (Å²) in [5.41, 5.74) is -0.720. The number of likely N-dealkylation sites (N-methyl/N-ethyl adjacent to an activating group) is 1. The Morgan fingerprint density at radius 3 is 2.45 bits per heavy atom. The third kappa shape index (κ3) is 9.26. The average Bonchev–Trinajstić information content (AvgIpc) is 3.39. The summed E-state index contributed by atoms with van der Waals surface area (Å²) in [6.45, 7) is 8.75. The zero-order chi connectivity index (χ0) is 31.0. The molecule has 42 heavy (non-hydrogen) atoms. The molecule has 1 aliphatic heterocycles. The minimum Gasteiger partial charge on any atom is -0.493 e. The summed E-state index contributed by atoms with van der Waals surface area (Å²) in [6, 6.07) is 14.1. The quantitative estimate of drug-likeness (QED) is 0.217. The van der Waals surface area contributed by atoms with Gasteiger partial charge in [0, 0.05) is 45.3 Å². The second-order valence-corrected chi connectivity index (χ2v) is 14.1. The number of rotatable bonds is 16. The van der Waals surface area contributed by atoms with E-state index in [-0.39, 0.29) is 61.5 Å². The lowest BCUT2D eigenvalue weighted by molar-refractivity contribution is -0.125. The van der Waals surface area contributed by atoms with Crippen molar-refractivity contribution in [3.8, 4) is 5.75 Å². The van der Waals surface area contributed by atoms with Crippen molar-refractivity contribution in [2.45, 2.75) is 64.0 Å². The smallest absolute Gasteiger partial charge is 0.245 e. The maximum Gasteiger partial charge on any atom is 0.245 e. The van der Waals surface area contributed by atoms with Crippen LogP contribution in [0.4, 0.5) is 0 Å². The minimum absolute atomic E-state index is 0.0209. The van der Waals surface area contributed by atoms with Crippen LogP contribution in [0.2, 0.25) is 0 Å². The van der Waals surface area contributed by atoms with Crippen LogP contribution in [-0.4, -0.2) is 75.2 Å². The van der Waals surface area contributed by atoms with Crippen LogP contribution in [0.15, 0.2) is 53.4 Å². The van der Waals surface area contributed by atoms with Crippen LogP contribution in [0.1, 0.15) is 51.7 Å². The zero-order valence-corrected chi connectivity index (χ0v) is 26.2. The Hall–Kier alpha value is -2.99. The van der Waals surface area contributed by atoms with Crippen molar-refractivity contribution in [3.63, 3.8) is 0 Å². The summed E-state index contributed by atoms with van der Waals surface area (Å²) in [5, 5.41) is 20.7. The highest BCUT2D eigenvalue weighted by molar-refractivity contribution is 7.89. The molecule has 1 heterocycles. The number of benzene rings is 2. The number of amides is 2. The van der Waals surface area contributed by atoms with Crippen LogP contribution < -0.4 is 20.7 Å². The molecule has 0 spiro atoms. The Balaban J connectivity index is 1.82. The van der Waals surface area contributed by atoms with Gasteiger partial charge in [-0.1, -0.05) is 58.0 Å². The van der Waals surface area contributed by atoms with Crippen molar-refractivity contribution in [3.05, 3.63) is 59.7 Å². The van der Waals surface area contributed by atoms with Crippen molar-refractivity contribution >= 4 is 21.8 Å². The van der Waals surface area contributed by atoms with Crippen LogP contribution in [0, 0.1) is 11.3 Å². The summed E-state index contributed by atoms with van der Waals surface area (Å²) in [6.07, 6.45) is 0.799. The van der Waals surface area contributed by atoms with Gasteiger partial charge in [-0.05, 0) is 47.7 Å². The van der Waals surface area contributed by atoms with Gasteiger partial charge in [-0.25, -0.2) is 8.42 Å². The minimum atomic E-state index is -4.13. The predicted octanol–water partition coefficient (Wildman–Crippen LogP) is 2.46. The second kappa shape index (κ2) is 14.5. The summed E-state index contributed by atoms with van der Waals surface area (Å²) < 4.78 is 35.1. The van der Waals surface area contributed by atoms with Gasteiger partial charge in [0.25, 0.3) is 0 Å². The van der Waals surface area contributed by atoms with E-state index in [0.29, 0.717) is 25.3 Å². The molecule has 10 nitrogen and oxygen atoms in total. The van der Waals surface area contributed by atoms with Gasteiger partial charge >= 0.3 is 0 Å². The van der Waals surface area contributed by atoms with E-state index in [1.807, 2.05) is 58.0 Å². The Morgan fingerprint density at radius 1 is 1.07 bits per heavy atom. The number of nitrogens with zero attached hydrogens (tertiary/aromatic N) is 1. The van der Waals surface area contributed by atoms with Crippen molar-refractivity contribution in [1.82, 2.24) is 20.3 Å². The monoisotopic (exact) mass is 602 g/mol. The molecule has 4 N–H and O–H groups in total. The molecule has 0 saturated heterocycles. The molecule has 0 fully saturated rings. The largest absolute Gasteiger partial charge is 0.493 e. The van der Waals surface area contributed by atoms with Gasteiger partial charge in [0.2, 0.25) is 21.8 Å². The Bertz CT molecular complexity index is 1320. The molecule has 0 aromatic heterocycles. The lowest BCUT2D eigenvalue weighted by atomic mass is 9.88. The number of hydrogen-bond donors (Lipinski definition) is 4. The molecule has 2 aromatic rings. The van der Waals surface area contributed by atoms with Gasteiger partial charge in [0.15, 0.2) is 0 Å². The van der Waals surface area contributed by atoms with Crippen LogP contribution in [-0.2, 0) is 32.5 Å². The van der Waals surface area contributed by atoms with E-state index in [1.165, 1.54) is 10.4 Å². The first-order chi connectivity index (χ1) is 19.8. The first kappa shape index (κ1) is 33.5. The van der Waals surface area contributed by atoms with Crippen molar-refractivity contribution < 1.29 is 27.9 Å². The molecule has 0 bridgehead atoms. The summed E-state index contributed by atoms with van der Waals surface area (Å²) in [7, 11) is -2.44. The van der Waals surface area contributed by atoms with Crippen molar-refractivity contribution in [1.29, 1.82) is 0 Å². The molecule has 2 aromatic carbocycles. The molecule has 11 heteroatoms. The molecule has 2 amide bonds. The SMILES string of the molecule is CNCC(=O)NCC(C)(C)CC(=O)NCCC(O)(Cc1ccccc1)N(CC(C)C)S(=O)(=O)c1ccc2c(c1)CCO2. The van der Waals surface area contributed by atoms with Gasteiger partial charge in [0.1, 0.15) is 11.5 Å². The predicted molar refractivity (Wildman–Crippen MR) is 162 cm³/mol. The highest BCUT2D eigenvalue weighted by Crippen LogP contribution is 2.33. The van der Waals surface area contributed by atoms with E-state index in [0.717, 1.165) is 11.1 Å². The van der Waals surface area contributed by atoms with Crippen LogP contribution in [0.25, 0.3) is 0 Å². The summed E-state index contributed by atoms with van der Waals surface area (Å²) in [5.74, 6) is 0.200. The fourth-order valence-electron chi connectivity index (χ4n) is 5.02. The van der Waals surface area contributed by atoms with Crippen LogP contribution >= 0.6 is 0 Å². The molecule has 1 aliphatic rings. The third-order valence-electron chi connectivity index (χ3n) is 7.16. The van der Waals surface area contributed by atoms with Crippen LogP contribution in [0.3, 0.4) is 0 Å².